The molecular formula is C16H19ClO3. The van der Waals surface area contributed by atoms with E-state index in [0.717, 1.165) is 21.5 Å². The highest BCUT2D eigenvalue weighted by Gasteiger charge is 2.09. The second-order valence-electron chi connectivity index (χ2n) is 4.27. The third kappa shape index (κ3) is 3.85. The van der Waals surface area contributed by atoms with E-state index in [1.54, 1.807) is 0 Å². The molecule has 0 aliphatic rings. The third-order valence-electron chi connectivity index (χ3n) is 2.89. The van der Waals surface area contributed by atoms with Crippen molar-refractivity contribution in [2.24, 2.45) is 0 Å². The smallest absolute Gasteiger partial charge is 0.191 e. The predicted molar refractivity (Wildman–Crippen MR) is 81.5 cm³/mol. The molecule has 2 rings (SSSR count). The van der Waals surface area contributed by atoms with Crippen LogP contribution in [0, 0.1) is 0 Å². The van der Waals surface area contributed by atoms with Gasteiger partial charge in [-0.1, -0.05) is 23.7 Å². The highest BCUT2D eigenvalue weighted by Crippen LogP contribution is 2.26. The first kappa shape index (κ1) is 15.1. The molecule has 0 aliphatic carbocycles. The Hall–Kier alpha value is -1.29. The number of hydrogen-bond acceptors (Lipinski definition) is 3. The van der Waals surface area contributed by atoms with E-state index in [4.69, 9.17) is 25.8 Å². The molecule has 0 atom stereocenters. The van der Waals surface area contributed by atoms with Crippen LogP contribution in [0.1, 0.15) is 13.8 Å². The molecule has 0 amide bonds. The Balaban J connectivity index is 2.06. The maximum atomic E-state index is 6.14. The molecule has 0 radical (unpaired) electrons. The Bertz CT molecular complexity index is 550. The van der Waals surface area contributed by atoms with Crippen molar-refractivity contribution in [2.75, 3.05) is 19.8 Å². The number of halogens is 1. The van der Waals surface area contributed by atoms with Gasteiger partial charge in [-0.15, -0.1) is 0 Å². The molecule has 0 spiro atoms. The third-order valence-corrected chi connectivity index (χ3v) is 3.22. The molecule has 2 aromatic carbocycles. The van der Waals surface area contributed by atoms with Crippen LogP contribution in [-0.2, 0) is 9.47 Å². The van der Waals surface area contributed by atoms with Gasteiger partial charge in [0.25, 0.3) is 0 Å². The zero-order valence-electron chi connectivity index (χ0n) is 11.8. The van der Waals surface area contributed by atoms with Gasteiger partial charge in [-0.3, -0.25) is 0 Å². The molecule has 3 nitrogen and oxygen atoms in total. The largest absolute Gasteiger partial charge is 0.488 e. The molecule has 4 heteroatoms. The lowest BCUT2D eigenvalue weighted by atomic mass is 10.1. The summed E-state index contributed by atoms with van der Waals surface area (Å²) < 4.78 is 16.6. The van der Waals surface area contributed by atoms with E-state index >= 15 is 0 Å². The van der Waals surface area contributed by atoms with Gasteiger partial charge < -0.3 is 14.2 Å². The fourth-order valence-corrected chi connectivity index (χ4v) is 2.24. The average molecular weight is 295 g/mol. The van der Waals surface area contributed by atoms with E-state index in [9.17, 15) is 0 Å². The quantitative estimate of drug-likeness (QED) is 0.714. The topological polar surface area (TPSA) is 27.7 Å². The minimum absolute atomic E-state index is 0.333. The van der Waals surface area contributed by atoms with Crippen LogP contribution in [-0.4, -0.2) is 26.1 Å². The van der Waals surface area contributed by atoms with Crippen LogP contribution in [0.2, 0.25) is 5.02 Å². The van der Waals surface area contributed by atoms with Gasteiger partial charge in [-0.2, -0.15) is 0 Å². The van der Waals surface area contributed by atoms with E-state index in [0.29, 0.717) is 19.8 Å². The summed E-state index contributed by atoms with van der Waals surface area (Å²) in [6.45, 7) is 5.44. The lowest BCUT2D eigenvalue weighted by Gasteiger charge is -2.17. The van der Waals surface area contributed by atoms with Crippen LogP contribution in [0.15, 0.2) is 36.4 Å². The summed E-state index contributed by atoms with van der Waals surface area (Å²) in [7, 11) is 0. The van der Waals surface area contributed by atoms with E-state index < -0.39 is 0 Å². The second-order valence-corrected chi connectivity index (χ2v) is 4.68. The summed E-state index contributed by atoms with van der Waals surface area (Å²) >= 11 is 6.14. The number of hydrogen-bond donors (Lipinski definition) is 0. The van der Waals surface area contributed by atoms with E-state index in [2.05, 4.69) is 0 Å². The molecular weight excluding hydrogens is 276 g/mol. The maximum absolute atomic E-state index is 6.14. The summed E-state index contributed by atoms with van der Waals surface area (Å²) in [5, 5.41) is 2.82. The van der Waals surface area contributed by atoms with Gasteiger partial charge in [-0.05, 0) is 43.5 Å². The number of fused-ring (bicyclic) bond motifs is 1. The molecule has 0 aromatic heterocycles. The van der Waals surface area contributed by atoms with Gasteiger partial charge in [0, 0.05) is 23.6 Å². The normalized spacial score (nSPS) is 11.2. The SMILES string of the molecule is CCOC(COc1ccc2c(Cl)cccc2c1)OCC. The van der Waals surface area contributed by atoms with Gasteiger partial charge in [0.15, 0.2) is 6.29 Å². The van der Waals surface area contributed by atoms with Crippen LogP contribution in [0.5, 0.6) is 5.75 Å². The molecule has 0 bridgehead atoms. The van der Waals surface area contributed by atoms with E-state index in [1.807, 2.05) is 50.2 Å². The highest BCUT2D eigenvalue weighted by atomic mass is 35.5. The molecule has 2 aromatic rings. The molecule has 0 N–H and O–H groups in total. The Morgan fingerprint density at radius 2 is 1.80 bits per heavy atom. The van der Waals surface area contributed by atoms with Crippen molar-refractivity contribution in [1.82, 2.24) is 0 Å². The molecule has 0 unspecified atom stereocenters. The number of ether oxygens (including phenoxy) is 3. The van der Waals surface area contributed by atoms with Gasteiger partial charge in [0.1, 0.15) is 12.4 Å². The Kier molecular flexibility index (Phi) is 5.65. The van der Waals surface area contributed by atoms with Crippen LogP contribution < -0.4 is 4.74 Å². The van der Waals surface area contributed by atoms with Crippen molar-refractivity contribution < 1.29 is 14.2 Å². The molecule has 20 heavy (non-hydrogen) atoms. The van der Waals surface area contributed by atoms with Crippen LogP contribution in [0.4, 0.5) is 0 Å². The predicted octanol–water partition coefficient (Wildman–Crippen LogP) is 4.27. The molecule has 0 heterocycles. The highest BCUT2D eigenvalue weighted by molar-refractivity contribution is 6.35. The second kappa shape index (κ2) is 7.48. The maximum Gasteiger partial charge on any atom is 0.191 e. The summed E-state index contributed by atoms with van der Waals surface area (Å²) in [4.78, 5) is 0. The fourth-order valence-electron chi connectivity index (χ4n) is 1.99. The Labute approximate surface area is 124 Å². The molecule has 0 saturated carbocycles. The van der Waals surface area contributed by atoms with Crippen molar-refractivity contribution in [3.05, 3.63) is 41.4 Å². The zero-order valence-corrected chi connectivity index (χ0v) is 12.5. The van der Waals surface area contributed by atoms with Crippen molar-refractivity contribution in [3.8, 4) is 5.75 Å². The monoisotopic (exact) mass is 294 g/mol. The minimum Gasteiger partial charge on any atom is -0.488 e. The summed E-state index contributed by atoms with van der Waals surface area (Å²) in [5.74, 6) is 0.782. The lowest BCUT2D eigenvalue weighted by molar-refractivity contribution is -0.152. The number of benzene rings is 2. The first-order valence-corrected chi connectivity index (χ1v) is 7.16. The molecule has 0 fully saturated rings. The molecule has 0 saturated heterocycles. The first-order chi connectivity index (χ1) is 9.74. The van der Waals surface area contributed by atoms with E-state index in [1.165, 1.54) is 0 Å². The van der Waals surface area contributed by atoms with Gasteiger partial charge in [-0.25, -0.2) is 0 Å². The van der Waals surface area contributed by atoms with Crippen LogP contribution in [0.25, 0.3) is 10.8 Å². The molecule has 0 aliphatic heterocycles. The van der Waals surface area contributed by atoms with Crippen molar-refractivity contribution >= 4 is 22.4 Å². The number of rotatable bonds is 7. The molecule has 108 valence electrons. The Morgan fingerprint density at radius 3 is 2.50 bits per heavy atom. The summed E-state index contributed by atoms with van der Waals surface area (Å²) in [5.41, 5.74) is 0. The lowest BCUT2D eigenvalue weighted by Crippen LogP contribution is -2.25. The van der Waals surface area contributed by atoms with Crippen molar-refractivity contribution in [2.45, 2.75) is 20.1 Å². The van der Waals surface area contributed by atoms with Crippen LogP contribution >= 0.6 is 11.6 Å². The van der Waals surface area contributed by atoms with Crippen molar-refractivity contribution in [3.63, 3.8) is 0 Å². The zero-order chi connectivity index (χ0) is 14.4. The summed E-state index contributed by atoms with van der Waals surface area (Å²) in [6, 6.07) is 11.7. The van der Waals surface area contributed by atoms with Crippen molar-refractivity contribution in [1.29, 1.82) is 0 Å². The average Bonchev–Trinajstić information content (AvgIpc) is 2.45. The first-order valence-electron chi connectivity index (χ1n) is 6.79. The van der Waals surface area contributed by atoms with Gasteiger partial charge >= 0.3 is 0 Å². The Morgan fingerprint density at radius 1 is 1.05 bits per heavy atom. The minimum atomic E-state index is -0.333. The standard InChI is InChI=1S/C16H19ClO3/c1-3-18-16(19-4-2)11-20-13-8-9-14-12(10-13)6-5-7-15(14)17/h5-10,16H,3-4,11H2,1-2H3. The van der Waals surface area contributed by atoms with Gasteiger partial charge in [0.05, 0.1) is 0 Å². The van der Waals surface area contributed by atoms with Crippen LogP contribution in [0.3, 0.4) is 0 Å². The fraction of sp³-hybridized carbons (Fsp3) is 0.375. The van der Waals surface area contributed by atoms with Gasteiger partial charge in [0.2, 0.25) is 0 Å². The van der Waals surface area contributed by atoms with E-state index in [-0.39, 0.29) is 6.29 Å². The summed E-state index contributed by atoms with van der Waals surface area (Å²) in [6.07, 6.45) is -0.333.